The second-order valence-electron chi connectivity index (χ2n) is 6.54. The Morgan fingerprint density at radius 2 is 1.73 bits per heavy atom. The molecule has 1 aliphatic rings. The number of carbonyl (C=O) groups is 2. The lowest BCUT2D eigenvalue weighted by molar-refractivity contribution is -0.131. The summed E-state index contributed by atoms with van der Waals surface area (Å²) in [7, 11) is 1.61. The zero-order valence-electron chi connectivity index (χ0n) is 15.3. The lowest BCUT2D eigenvalue weighted by atomic mass is 10.1. The predicted molar refractivity (Wildman–Crippen MR) is 99.7 cm³/mol. The Morgan fingerprint density at radius 3 is 2.31 bits per heavy atom. The van der Waals surface area contributed by atoms with Crippen LogP contribution < -0.4 is 14.4 Å². The van der Waals surface area contributed by atoms with E-state index in [1.54, 1.807) is 36.3 Å². The van der Waals surface area contributed by atoms with Crippen molar-refractivity contribution < 1.29 is 19.1 Å². The van der Waals surface area contributed by atoms with Crippen molar-refractivity contribution in [3.05, 3.63) is 54.1 Å². The molecule has 0 radical (unpaired) electrons. The van der Waals surface area contributed by atoms with Gasteiger partial charge in [0, 0.05) is 18.7 Å². The molecule has 2 aromatic rings. The van der Waals surface area contributed by atoms with E-state index in [2.05, 4.69) is 6.92 Å². The van der Waals surface area contributed by atoms with E-state index in [4.69, 9.17) is 9.47 Å². The Morgan fingerprint density at radius 1 is 1.08 bits per heavy atom. The number of hydrogen-bond acceptors (Lipinski definition) is 4. The average molecular weight is 353 g/mol. The van der Waals surface area contributed by atoms with E-state index in [-0.39, 0.29) is 17.7 Å². The molecule has 136 valence electrons. The summed E-state index contributed by atoms with van der Waals surface area (Å²) < 4.78 is 10.5. The normalized spacial score (nSPS) is 14.4. The van der Waals surface area contributed by atoms with Crippen molar-refractivity contribution >= 4 is 17.6 Å². The van der Waals surface area contributed by atoms with Gasteiger partial charge in [0.05, 0.1) is 12.7 Å². The molecular weight excluding hydrogens is 330 g/mol. The van der Waals surface area contributed by atoms with Crippen molar-refractivity contribution in [3.63, 3.8) is 0 Å². The van der Waals surface area contributed by atoms with Gasteiger partial charge in [0.1, 0.15) is 11.5 Å². The molecule has 5 nitrogen and oxygen atoms in total. The van der Waals surface area contributed by atoms with Crippen molar-refractivity contribution in [3.8, 4) is 11.5 Å². The molecule has 5 heteroatoms. The lowest BCUT2D eigenvalue weighted by Gasteiger charge is -2.30. The molecule has 0 spiro atoms. The van der Waals surface area contributed by atoms with Gasteiger partial charge in [0.15, 0.2) is 0 Å². The molecule has 0 N–H and O–H groups in total. The maximum Gasteiger partial charge on any atom is 0.308 e. The Labute approximate surface area is 153 Å². The number of esters is 1. The molecule has 0 aromatic heterocycles. The Hall–Kier alpha value is -2.82. The Bertz CT molecular complexity index is 796. The SMILES string of the molecule is COc1ccc(N(C(=O)c2ccccc2OC(C)=O)[C@@H](C)C2CC2)cc1. The second-order valence-corrected chi connectivity index (χ2v) is 6.54. The largest absolute Gasteiger partial charge is 0.497 e. The minimum atomic E-state index is -0.448. The first-order valence-corrected chi connectivity index (χ1v) is 8.76. The molecule has 1 fully saturated rings. The van der Waals surface area contributed by atoms with Crippen molar-refractivity contribution in [1.82, 2.24) is 0 Å². The summed E-state index contributed by atoms with van der Waals surface area (Å²) in [6, 6.07) is 14.3. The van der Waals surface area contributed by atoms with Gasteiger partial charge in [-0.05, 0) is 62.1 Å². The van der Waals surface area contributed by atoms with Gasteiger partial charge in [-0.2, -0.15) is 0 Å². The quantitative estimate of drug-likeness (QED) is 0.580. The second kappa shape index (κ2) is 7.60. The Balaban J connectivity index is 1.98. The van der Waals surface area contributed by atoms with E-state index >= 15 is 0 Å². The number of para-hydroxylation sites is 1. The Kier molecular flexibility index (Phi) is 5.26. The number of hydrogen-bond donors (Lipinski definition) is 0. The maximum atomic E-state index is 13.4. The highest BCUT2D eigenvalue weighted by atomic mass is 16.5. The van der Waals surface area contributed by atoms with E-state index in [1.807, 2.05) is 24.3 Å². The molecule has 1 atom stereocenters. The number of rotatable bonds is 6. The van der Waals surface area contributed by atoms with Crippen LogP contribution in [0, 0.1) is 5.92 Å². The zero-order valence-corrected chi connectivity index (χ0v) is 15.3. The van der Waals surface area contributed by atoms with E-state index in [1.165, 1.54) is 6.92 Å². The minimum Gasteiger partial charge on any atom is -0.497 e. The number of nitrogens with zero attached hydrogens (tertiary/aromatic N) is 1. The topological polar surface area (TPSA) is 55.8 Å². The van der Waals surface area contributed by atoms with Gasteiger partial charge in [-0.3, -0.25) is 9.59 Å². The van der Waals surface area contributed by atoms with Crippen molar-refractivity contribution in [2.75, 3.05) is 12.0 Å². The number of anilines is 1. The van der Waals surface area contributed by atoms with Crippen molar-refractivity contribution in [1.29, 1.82) is 0 Å². The van der Waals surface area contributed by atoms with E-state index < -0.39 is 5.97 Å². The summed E-state index contributed by atoms with van der Waals surface area (Å²) in [6.45, 7) is 3.39. The molecule has 26 heavy (non-hydrogen) atoms. The average Bonchev–Trinajstić information content (AvgIpc) is 3.47. The molecule has 0 unspecified atom stereocenters. The first-order chi connectivity index (χ1) is 12.5. The lowest BCUT2D eigenvalue weighted by Crippen LogP contribution is -2.40. The number of amides is 1. The number of ether oxygens (including phenoxy) is 2. The van der Waals surface area contributed by atoms with Gasteiger partial charge in [-0.15, -0.1) is 0 Å². The molecule has 1 aliphatic carbocycles. The standard InChI is InChI=1S/C21H23NO4/c1-14(16-8-9-16)22(17-10-12-18(25-3)13-11-17)21(24)19-6-4-5-7-20(19)26-15(2)23/h4-7,10-14,16H,8-9H2,1-3H3/t14-/m0/s1. The minimum absolute atomic E-state index is 0.0567. The van der Waals surface area contributed by atoms with E-state index in [0.717, 1.165) is 24.3 Å². The highest BCUT2D eigenvalue weighted by Crippen LogP contribution is 2.38. The zero-order chi connectivity index (χ0) is 18.7. The molecule has 0 bridgehead atoms. The van der Waals surface area contributed by atoms with Crippen LogP contribution in [-0.4, -0.2) is 25.0 Å². The third kappa shape index (κ3) is 3.87. The van der Waals surface area contributed by atoms with Crippen LogP contribution in [0.3, 0.4) is 0 Å². The summed E-state index contributed by atoms with van der Waals surface area (Å²) in [5.41, 5.74) is 1.18. The summed E-state index contributed by atoms with van der Waals surface area (Å²) in [6.07, 6.45) is 2.24. The van der Waals surface area contributed by atoms with E-state index in [9.17, 15) is 9.59 Å². The fraction of sp³-hybridized carbons (Fsp3) is 0.333. The molecule has 0 aliphatic heterocycles. The molecular formula is C21H23NO4. The van der Waals surface area contributed by atoms with Crippen molar-refractivity contribution in [2.45, 2.75) is 32.7 Å². The number of methoxy groups -OCH3 is 1. The van der Waals surface area contributed by atoms with Crippen LogP contribution in [0.25, 0.3) is 0 Å². The summed E-state index contributed by atoms with van der Waals surface area (Å²) >= 11 is 0. The first-order valence-electron chi connectivity index (χ1n) is 8.76. The highest BCUT2D eigenvalue weighted by Gasteiger charge is 2.36. The summed E-state index contributed by atoms with van der Waals surface area (Å²) in [4.78, 5) is 26.6. The van der Waals surface area contributed by atoms with Crippen LogP contribution in [-0.2, 0) is 4.79 Å². The smallest absolute Gasteiger partial charge is 0.308 e. The van der Waals surface area contributed by atoms with Crippen LogP contribution in [0.5, 0.6) is 11.5 Å². The first kappa shape index (κ1) is 18.0. The molecule has 1 saturated carbocycles. The fourth-order valence-corrected chi connectivity index (χ4v) is 3.09. The number of carbonyl (C=O) groups excluding carboxylic acids is 2. The molecule has 1 amide bonds. The third-order valence-corrected chi connectivity index (χ3v) is 4.65. The van der Waals surface area contributed by atoms with Crippen LogP contribution >= 0.6 is 0 Å². The molecule has 0 saturated heterocycles. The predicted octanol–water partition coefficient (Wildman–Crippen LogP) is 4.07. The number of benzene rings is 2. The molecule has 2 aromatic carbocycles. The molecule has 3 rings (SSSR count). The monoisotopic (exact) mass is 353 g/mol. The van der Waals surface area contributed by atoms with Gasteiger partial charge in [-0.1, -0.05) is 12.1 Å². The summed E-state index contributed by atoms with van der Waals surface area (Å²) in [5.74, 6) is 0.886. The van der Waals surface area contributed by atoms with Gasteiger partial charge in [0.2, 0.25) is 0 Å². The van der Waals surface area contributed by atoms with Crippen LogP contribution in [0.4, 0.5) is 5.69 Å². The van der Waals surface area contributed by atoms with Gasteiger partial charge >= 0.3 is 5.97 Å². The van der Waals surface area contributed by atoms with Crippen LogP contribution in [0.15, 0.2) is 48.5 Å². The fourth-order valence-electron chi connectivity index (χ4n) is 3.09. The van der Waals surface area contributed by atoms with Crippen LogP contribution in [0.1, 0.15) is 37.0 Å². The molecule has 0 heterocycles. The van der Waals surface area contributed by atoms with Gasteiger partial charge < -0.3 is 14.4 Å². The van der Waals surface area contributed by atoms with Crippen molar-refractivity contribution in [2.24, 2.45) is 5.92 Å². The van der Waals surface area contributed by atoms with Crippen LogP contribution in [0.2, 0.25) is 0 Å². The third-order valence-electron chi connectivity index (χ3n) is 4.65. The maximum absolute atomic E-state index is 13.4. The van der Waals surface area contributed by atoms with E-state index in [0.29, 0.717) is 11.5 Å². The van der Waals surface area contributed by atoms with Gasteiger partial charge in [0.25, 0.3) is 5.91 Å². The highest BCUT2D eigenvalue weighted by molar-refractivity contribution is 6.08. The summed E-state index contributed by atoms with van der Waals surface area (Å²) in [5, 5.41) is 0. The van der Waals surface area contributed by atoms with Gasteiger partial charge in [-0.25, -0.2) is 0 Å².